The minimum absolute atomic E-state index is 0.0535. The van der Waals surface area contributed by atoms with E-state index in [2.05, 4.69) is 29.9 Å². The number of alkyl halides is 3. The number of primary amides is 1. The van der Waals surface area contributed by atoms with Crippen molar-refractivity contribution in [2.75, 3.05) is 13.2 Å². The van der Waals surface area contributed by atoms with E-state index < -0.39 is 17.9 Å². The summed E-state index contributed by atoms with van der Waals surface area (Å²) in [5.41, 5.74) is 7.39. The lowest BCUT2D eigenvalue weighted by Crippen LogP contribution is -2.15. The zero-order chi connectivity index (χ0) is 26.6. The molecular weight excluding hydrogens is 495 g/mol. The fraction of sp³-hybridized carbons (Fsp3) is 0.227. The van der Waals surface area contributed by atoms with Crippen LogP contribution in [0.2, 0.25) is 0 Å². The minimum atomic E-state index is -4.58. The Kier molecular flexibility index (Phi) is 7.35. The van der Waals surface area contributed by atoms with Crippen LogP contribution < -0.4 is 5.73 Å². The standard InChI is InChI=1S/C14H13N5O2.C8H7F3N4O/c15-12(21)10-11-14(19(6-7-20)8-16-11)18-13(17-10)9-4-2-1-3-5-9;9-8(10,11)7-12-3-5-6(14-7)15(1-2-16)4-13-5/h1-5,8,20H,6-7H2,(H2,15,21);3-4,16H,1-2H2. The Hall–Kier alpha value is -4.50. The van der Waals surface area contributed by atoms with Gasteiger partial charge >= 0.3 is 6.18 Å². The van der Waals surface area contributed by atoms with E-state index in [9.17, 15) is 18.0 Å². The molecule has 0 unspecified atom stereocenters. The molecule has 1 aromatic carbocycles. The van der Waals surface area contributed by atoms with Crippen LogP contribution in [-0.2, 0) is 19.3 Å². The molecule has 0 radical (unpaired) electrons. The van der Waals surface area contributed by atoms with Crippen molar-refractivity contribution in [1.82, 2.24) is 39.0 Å². The van der Waals surface area contributed by atoms with Gasteiger partial charge in [0, 0.05) is 18.7 Å². The predicted octanol–water partition coefficient (Wildman–Crippen LogP) is 1.42. The van der Waals surface area contributed by atoms with Gasteiger partial charge in [-0.2, -0.15) is 13.2 Å². The van der Waals surface area contributed by atoms with Crippen molar-refractivity contribution < 1.29 is 28.2 Å². The molecule has 0 bridgehead atoms. The maximum absolute atomic E-state index is 12.3. The first-order chi connectivity index (χ1) is 17.7. The predicted molar refractivity (Wildman–Crippen MR) is 124 cm³/mol. The highest BCUT2D eigenvalue weighted by atomic mass is 19.4. The fourth-order valence-electron chi connectivity index (χ4n) is 3.37. The molecule has 37 heavy (non-hydrogen) atoms. The second kappa shape index (κ2) is 10.6. The van der Waals surface area contributed by atoms with Gasteiger partial charge in [-0.25, -0.2) is 29.9 Å². The van der Waals surface area contributed by atoms with Crippen LogP contribution in [0.1, 0.15) is 16.3 Å². The van der Waals surface area contributed by atoms with Gasteiger partial charge in [0.05, 0.1) is 32.1 Å². The number of carbonyl (C=O) groups excluding carboxylic acids is 1. The van der Waals surface area contributed by atoms with Gasteiger partial charge in [-0.1, -0.05) is 30.3 Å². The fourth-order valence-corrected chi connectivity index (χ4v) is 3.37. The number of hydrogen-bond acceptors (Lipinski definition) is 9. The van der Waals surface area contributed by atoms with Crippen LogP contribution in [0.25, 0.3) is 33.7 Å². The summed E-state index contributed by atoms with van der Waals surface area (Å²) < 4.78 is 40.0. The Morgan fingerprint density at radius 1 is 0.892 bits per heavy atom. The molecule has 4 aromatic heterocycles. The van der Waals surface area contributed by atoms with Crippen molar-refractivity contribution in [2.24, 2.45) is 5.73 Å². The van der Waals surface area contributed by atoms with E-state index in [-0.39, 0.29) is 36.6 Å². The number of nitrogens with zero attached hydrogens (tertiary/aromatic N) is 8. The van der Waals surface area contributed by atoms with Gasteiger partial charge in [0.15, 0.2) is 22.8 Å². The minimum Gasteiger partial charge on any atom is -0.395 e. The summed E-state index contributed by atoms with van der Waals surface area (Å²) in [5, 5.41) is 17.8. The molecule has 12 nitrogen and oxygen atoms in total. The van der Waals surface area contributed by atoms with Gasteiger partial charge in [-0.3, -0.25) is 4.79 Å². The number of aromatic nitrogens is 8. The summed E-state index contributed by atoms with van der Waals surface area (Å²) in [4.78, 5) is 34.8. The van der Waals surface area contributed by atoms with Crippen LogP contribution in [0.5, 0.6) is 0 Å². The summed E-state index contributed by atoms with van der Waals surface area (Å²) in [6, 6.07) is 9.29. The monoisotopic (exact) mass is 515 g/mol. The lowest BCUT2D eigenvalue weighted by Gasteiger charge is -2.05. The lowest BCUT2D eigenvalue weighted by molar-refractivity contribution is -0.144. The number of carbonyl (C=O) groups is 1. The quantitative estimate of drug-likeness (QED) is 0.302. The van der Waals surface area contributed by atoms with Crippen molar-refractivity contribution in [2.45, 2.75) is 19.3 Å². The van der Waals surface area contributed by atoms with Gasteiger partial charge in [0.25, 0.3) is 5.91 Å². The average molecular weight is 515 g/mol. The number of rotatable bonds is 6. The maximum Gasteiger partial charge on any atom is 0.451 e. The number of nitrogens with two attached hydrogens (primary N) is 1. The molecule has 4 heterocycles. The zero-order valence-electron chi connectivity index (χ0n) is 19.0. The topological polar surface area (TPSA) is 171 Å². The van der Waals surface area contributed by atoms with Crippen LogP contribution in [0, 0.1) is 0 Å². The van der Waals surface area contributed by atoms with E-state index in [4.69, 9.17) is 15.9 Å². The molecular formula is C22H20F3N9O3. The molecule has 0 spiro atoms. The van der Waals surface area contributed by atoms with Gasteiger partial charge in [0.2, 0.25) is 5.82 Å². The highest BCUT2D eigenvalue weighted by molar-refractivity contribution is 6.01. The van der Waals surface area contributed by atoms with Crippen molar-refractivity contribution in [1.29, 1.82) is 0 Å². The number of aliphatic hydroxyl groups is 2. The summed E-state index contributed by atoms with van der Waals surface area (Å²) in [6.45, 7) is 0.226. The Labute approximate surface area is 206 Å². The van der Waals surface area contributed by atoms with Gasteiger partial charge in [-0.15, -0.1) is 0 Å². The molecule has 5 aromatic rings. The second-order valence-corrected chi connectivity index (χ2v) is 7.52. The molecule has 5 rings (SSSR count). The smallest absolute Gasteiger partial charge is 0.395 e. The molecule has 0 atom stereocenters. The molecule has 0 saturated heterocycles. The van der Waals surface area contributed by atoms with E-state index in [1.807, 2.05) is 30.3 Å². The molecule has 0 aliphatic heterocycles. The Bertz CT molecular complexity index is 1530. The number of hydrogen-bond donors (Lipinski definition) is 3. The number of benzene rings is 1. The van der Waals surface area contributed by atoms with Crippen LogP contribution >= 0.6 is 0 Å². The van der Waals surface area contributed by atoms with Crippen molar-refractivity contribution in [3.8, 4) is 11.4 Å². The molecule has 0 saturated carbocycles. The SMILES string of the molecule is NC(=O)c1nc(-c2ccccc2)nc2c1ncn2CCO.OCCn1cnc2cnc(C(F)(F)F)nc21. The molecule has 0 aliphatic carbocycles. The summed E-state index contributed by atoms with van der Waals surface area (Å²) in [7, 11) is 0. The van der Waals surface area contributed by atoms with Gasteiger partial charge < -0.3 is 25.1 Å². The van der Waals surface area contributed by atoms with Crippen molar-refractivity contribution in [3.05, 3.63) is 60.7 Å². The number of amides is 1. The highest BCUT2D eigenvalue weighted by Gasteiger charge is 2.35. The largest absolute Gasteiger partial charge is 0.451 e. The summed E-state index contributed by atoms with van der Waals surface area (Å²) >= 11 is 0. The maximum atomic E-state index is 12.3. The first-order valence-corrected chi connectivity index (χ1v) is 10.8. The average Bonchev–Trinajstić information content (AvgIpc) is 3.48. The normalized spacial score (nSPS) is 11.5. The Morgan fingerprint density at radius 2 is 1.54 bits per heavy atom. The second-order valence-electron chi connectivity index (χ2n) is 7.52. The Balaban J connectivity index is 0.000000180. The van der Waals surface area contributed by atoms with Gasteiger partial charge in [-0.05, 0) is 0 Å². The van der Waals surface area contributed by atoms with Gasteiger partial charge in [0.1, 0.15) is 11.0 Å². The van der Waals surface area contributed by atoms with Crippen LogP contribution in [0.3, 0.4) is 0 Å². The molecule has 192 valence electrons. The van der Waals surface area contributed by atoms with Crippen molar-refractivity contribution in [3.63, 3.8) is 0 Å². The highest BCUT2D eigenvalue weighted by Crippen LogP contribution is 2.26. The van der Waals surface area contributed by atoms with E-state index in [1.165, 1.54) is 17.2 Å². The van der Waals surface area contributed by atoms with Crippen LogP contribution in [0.4, 0.5) is 13.2 Å². The molecule has 15 heteroatoms. The van der Waals surface area contributed by atoms with E-state index in [1.54, 1.807) is 4.57 Å². The summed E-state index contributed by atoms with van der Waals surface area (Å²) in [5.74, 6) is -1.47. The first-order valence-electron chi connectivity index (χ1n) is 10.8. The number of fused-ring (bicyclic) bond motifs is 2. The van der Waals surface area contributed by atoms with E-state index in [0.717, 1.165) is 11.8 Å². The van der Waals surface area contributed by atoms with E-state index >= 15 is 0 Å². The zero-order valence-corrected chi connectivity index (χ0v) is 19.0. The van der Waals surface area contributed by atoms with Crippen LogP contribution in [0.15, 0.2) is 49.2 Å². The third kappa shape index (κ3) is 5.52. The number of imidazole rings is 2. The third-order valence-electron chi connectivity index (χ3n) is 5.02. The molecule has 1 amide bonds. The molecule has 0 aliphatic rings. The molecule has 0 fully saturated rings. The number of halogens is 3. The van der Waals surface area contributed by atoms with Crippen LogP contribution in [-0.4, -0.2) is 68.4 Å². The lowest BCUT2D eigenvalue weighted by atomic mass is 10.2. The molecule has 4 N–H and O–H groups in total. The first kappa shape index (κ1) is 25.6. The summed E-state index contributed by atoms with van der Waals surface area (Å²) in [6.07, 6.45) is -0.742. The van der Waals surface area contributed by atoms with Crippen molar-refractivity contribution >= 4 is 28.2 Å². The third-order valence-corrected chi connectivity index (χ3v) is 5.02. The van der Waals surface area contributed by atoms with E-state index in [0.29, 0.717) is 23.5 Å². The number of aliphatic hydroxyl groups excluding tert-OH is 2. The Morgan fingerprint density at radius 3 is 2.16 bits per heavy atom.